The van der Waals surface area contributed by atoms with E-state index in [9.17, 15) is 9.59 Å². The Bertz CT molecular complexity index is 230. The molecule has 1 unspecified atom stereocenters. The number of hydrogen-bond donors (Lipinski definition) is 2. The summed E-state index contributed by atoms with van der Waals surface area (Å²) in [6.07, 6.45) is 1.88. The monoisotopic (exact) mass is 186 g/mol. The number of hydrogen-bond acceptors (Lipinski definition) is 2. The van der Waals surface area contributed by atoms with Gasteiger partial charge in [0.1, 0.15) is 0 Å². The minimum absolute atomic E-state index is 0.0400. The van der Waals surface area contributed by atoms with Crippen molar-refractivity contribution in [2.75, 3.05) is 0 Å². The summed E-state index contributed by atoms with van der Waals surface area (Å²) in [5.41, 5.74) is -0.0400. The van der Waals surface area contributed by atoms with E-state index in [2.05, 4.69) is 0 Å². The highest BCUT2D eigenvalue weighted by molar-refractivity contribution is 5.92. The highest BCUT2D eigenvalue weighted by Gasteiger charge is 2.12. The number of rotatable bonds is 5. The van der Waals surface area contributed by atoms with Gasteiger partial charge in [-0.2, -0.15) is 0 Å². The van der Waals surface area contributed by atoms with E-state index in [1.807, 2.05) is 13.8 Å². The van der Waals surface area contributed by atoms with Gasteiger partial charge in [-0.1, -0.05) is 26.3 Å². The molecule has 0 saturated carbocycles. The average molecular weight is 186 g/mol. The van der Waals surface area contributed by atoms with Crippen LogP contribution in [0.2, 0.25) is 0 Å². The molecule has 0 aromatic rings. The lowest BCUT2D eigenvalue weighted by Gasteiger charge is -2.03. The van der Waals surface area contributed by atoms with Crippen molar-refractivity contribution in [2.45, 2.75) is 26.7 Å². The van der Waals surface area contributed by atoms with Crippen LogP contribution >= 0.6 is 0 Å². The molecule has 0 radical (unpaired) electrons. The molecule has 0 aliphatic rings. The minimum atomic E-state index is -1.15. The summed E-state index contributed by atoms with van der Waals surface area (Å²) in [4.78, 5) is 20.8. The molecule has 0 saturated heterocycles. The summed E-state index contributed by atoms with van der Waals surface area (Å²) >= 11 is 0. The van der Waals surface area contributed by atoms with Crippen molar-refractivity contribution in [1.29, 1.82) is 0 Å². The first-order valence-corrected chi connectivity index (χ1v) is 4.13. The molecular weight excluding hydrogens is 172 g/mol. The third-order valence-corrected chi connectivity index (χ3v) is 1.75. The van der Waals surface area contributed by atoms with Gasteiger partial charge in [-0.15, -0.1) is 0 Å². The van der Waals surface area contributed by atoms with Crippen LogP contribution in [0.3, 0.4) is 0 Å². The molecule has 2 N–H and O–H groups in total. The van der Waals surface area contributed by atoms with Gasteiger partial charge in [0, 0.05) is 5.57 Å². The van der Waals surface area contributed by atoms with Crippen molar-refractivity contribution in [1.82, 2.24) is 0 Å². The molecule has 1 atom stereocenters. The Labute approximate surface area is 76.9 Å². The van der Waals surface area contributed by atoms with E-state index < -0.39 is 18.4 Å². The molecule has 4 nitrogen and oxygen atoms in total. The van der Waals surface area contributed by atoms with Crippen molar-refractivity contribution < 1.29 is 19.8 Å². The highest BCUT2D eigenvalue weighted by Crippen LogP contribution is 2.10. The molecule has 0 rings (SSSR count). The van der Waals surface area contributed by atoms with E-state index >= 15 is 0 Å². The fourth-order valence-electron chi connectivity index (χ4n) is 0.830. The van der Waals surface area contributed by atoms with E-state index in [1.54, 1.807) is 0 Å². The van der Waals surface area contributed by atoms with E-state index in [0.29, 0.717) is 0 Å². The van der Waals surface area contributed by atoms with Crippen LogP contribution in [-0.4, -0.2) is 22.2 Å². The van der Waals surface area contributed by atoms with Gasteiger partial charge in [0.05, 0.1) is 6.42 Å². The second-order valence-electron chi connectivity index (χ2n) is 2.95. The molecule has 0 aromatic heterocycles. The molecule has 0 heterocycles. The molecule has 0 aliphatic carbocycles. The fraction of sp³-hybridized carbons (Fsp3) is 0.556. The topological polar surface area (TPSA) is 74.6 Å². The van der Waals surface area contributed by atoms with Crippen molar-refractivity contribution in [3.63, 3.8) is 0 Å². The van der Waals surface area contributed by atoms with Crippen molar-refractivity contribution in [2.24, 2.45) is 5.92 Å². The van der Waals surface area contributed by atoms with Crippen molar-refractivity contribution in [3.8, 4) is 0 Å². The van der Waals surface area contributed by atoms with Crippen LogP contribution in [0.15, 0.2) is 11.6 Å². The molecule has 74 valence electrons. The second-order valence-corrected chi connectivity index (χ2v) is 2.95. The first kappa shape index (κ1) is 11.7. The van der Waals surface area contributed by atoms with Crippen LogP contribution in [0, 0.1) is 5.92 Å². The van der Waals surface area contributed by atoms with Crippen LogP contribution in [0.5, 0.6) is 0 Å². The summed E-state index contributed by atoms with van der Waals surface area (Å²) in [5.74, 6) is -2.16. The van der Waals surface area contributed by atoms with Gasteiger partial charge < -0.3 is 10.2 Å². The standard InChI is InChI=1S/C9H14O4/c1-3-6(2)4-7(9(12)13)5-8(10)11/h4,6H,3,5H2,1-2H3,(H,10,11)(H,12,13). The predicted octanol–water partition coefficient (Wildman–Crippen LogP) is 1.52. The molecular formula is C9H14O4. The molecule has 0 aromatic carbocycles. The highest BCUT2D eigenvalue weighted by atomic mass is 16.4. The first-order chi connectivity index (χ1) is 5.97. The normalized spacial score (nSPS) is 13.8. The number of aliphatic carboxylic acids is 2. The Kier molecular flexibility index (Phi) is 4.80. The lowest BCUT2D eigenvalue weighted by atomic mass is 10.0. The van der Waals surface area contributed by atoms with Gasteiger partial charge in [0.2, 0.25) is 0 Å². The number of carboxylic acids is 2. The summed E-state index contributed by atoms with van der Waals surface area (Å²) in [5, 5.41) is 17.0. The van der Waals surface area contributed by atoms with Crippen molar-refractivity contribution >= 4 is 11.9 Å². The lowest BCUT2D eigenvalue weighted by molar-refractivity contribution is -0.139. The summed E-state index contributed by atoms with van der Waals surface area (Å²) < 4.78 is 0. The van der Waals surface area contributed by atoms with Crippen LogP contribution in [-0.2, 0) is 9.59 Å². The maximum absolute atomic E-state index is 10.6. The van der Waals surface area contributed by atoms with E-state index in [1.165, 1.54) is 6.08 Å². The fourth-order valence-corrected chi connectivity index (χ4v) is 0.830. The van der Waals surface area contributed by atoms with Gasteiger partial charge in [-0.05, 0) is 5.92 Å². The largest absolute Gasteiger partial charge is 0.481 e. The Hall–Kier alpha value is -1.32. The third kappa shape index (κ3) is 5.00. The van der Waals surface area contributed by atoms with Crippen LogP contribution in [0.4, 0.5) is 0 Å². The zero-order chi connectivity index (χ0) is 10.4. The number of carboxylic acid groups (broad SMARTS) is 2. The molecule has 4 heteroatoms. The maximum Gasteiger partial charge on any atom is 0.331 e. The summed E-state index contributed by atoms with van der Waals surface area (Å²) in [7, 11) is 0. The zero-order valence-electron chi connectivity index (χ0n) is 7.78. The molecule has 13 heavy (non-hydrogen) atoms. The quantitative estimate of drug-likeness (QED) is 0.638. The Morgan fingerprint density at radius 1 is 1.38 bits per heavy atom. The first-order valence-electron chi connectivity index (χ1n) is 4.13. The Balaban J connectivity index is 4.50. The van der Waals surface area contributed by atoms with Crippen LogP contribution < -0.4 is 0 Å². The van der Waals surface area contributed by atoms with Crippen LogP contribution in [0.1, 0.15) is 26.7 Å². The summed E-state index contributed by atoms with van der Waals surface area (Å²) in [6, 6.07) is 0. The van der Waals surface area contributed by atoms with Gasteiger partial charge >= 0.3 is 11.9 Å². The molecule has 0 fully saturated rings. The molecule has 0 bridgehead atoms. The average Bonchev–Trinajstić information content (AvgIpc) is 2.02. The van der Waals surface area contributed by atoms with Gasteiger partial charge in [-0.3, -0.25) is 4.79 Å². The number of allylic oxidation sites excluding steroid dienone is 1. The maximum atomic E-state index is 10.6. The van der Waals surface area contributed by atoms with Gasteiger partial charge in [-0.25, -0.2) is 4.79 Å². The smallest absolute Gasteiger partial charge is 0.331 e. The Morgan fingerprint density at radius 3 is 2.23 bits per heavy atom. The predicted molar refractivity (Wildman–Crippen MR) is 47.4 cm³/mol. The minimum Gasteiger partial charge on any atom is -0.481 e. The van der Waals surface area contributed by atoms with E-state index in [0.717, 1.165) is 6.42 Å². The van der Waals surface area contributed by atoms with Crippen LogP contribution in [0.25, 0.3) is 0 Å². The van der Waals surface area contributed by atoms with E-state index in [4.69, 9.17) is 10.2 Å². The molecule has 0 spiro atoms. The van der Waals surface area contributed by atoms with Gasteiger partial charge in [0.15, 0.2) is 0 Å². The second kappa shape index (κ2) is 5.35. The SMILES string of the molecule is CCC(C)C=C(CC(=O)O)C(=O)O. The molecule has 0 aliphatic heterocycles. The summed E-state index contributed by atoms with van der Waals surface area (Å²) in [6.45, 7) is 3.77. The third-order valence-electron chi connectivity index (χ3n) is 1.75. The Morgan fingerprint density at radius 2 is 1.92 bits per heavy atom. The number of carbonyl (C=O) groups is 2. The lowest BCUT2D eigenvalue weighted by Crippen LogP contribution is -2.08. The van der Waals surface area contributed by atoms with Gasteiger partial charge in [0.25, 0.3) is 0 Å². The molecule has 0 amide bonds. The zero-order valence-corrected chi connectivity index (χ0v) is 7.78. The van der Waals surface area contributed by atoms with E-state index in [-0.39, 0.29) is 11.5 Å². The van der Waals surface area contributed by atoms with Crippen molar-refractivity contribution in [3.05, 3.63) is 11.6 Å².